The van der Waals surface area contributed by atoms with Crippen LogP contribution in [0.4, 0.5) is 34.1 Å². The lowest BCUT2D eigenvalue weighted by Gasteiger charge is -2.28. The van der Waals surface area contributed by atoms with Crippen molar-refractivity contribution in [1.82, 2.24) is 15.1 Å². The number of carbonyl (C=O) groups is 6. The zero-order chi connectivity index (χ0) is 54.3. The fraction of sp³-hybridized carbons (Fsp3) is 0.172. The molecule has 3 heterocycles. The summed E-state index contributed by atoms with van der Waals surface area (Å²) in [5, 5.41) is 37.3. The van der Waals surface area contributed by atoms with E-state index in [2.05, 4.69) is 25.8 Å². The summed E-state index contributed by atoms with van der Waals surface area (Å²) >= 11 is 0. The molecular formula is C58H53N9O10. The number of fused-ring (bicyclic) bond motifs is 3. The lowest BCUT2D eigenvalue weighted by atomic mass is 10.1. The van der Waals surface area contributed by atoms with E-state index >= 15 is 0 Å². The van der Waals surface area contributed by atoms with Crippen molar-refractivity contribution in [2.24, 2.45) is 20.5 Å². The molecule has 3 aliphatic heterocycles. The van der Waals surface area contributed by atoms with Crippen molar-refractivity contribution in [3.05, 3.63) is 203 Å². The molecule has 0 unspecified atom stereocenters. The van der Waals surface area contributed by atoms with Crippen LogP contribution in [0, 0.1) is 0 Å². The second-order valence-electron chi connectivity index (χ2n) is 17.2. The number of azo groups is 2. The van der Waals surface area contributed by atoms with Gasteiger partial charge in [0.15, 0.2) is 0 Å². The number of ether oxygens (including phenoxy) is 2. The third kappa shape index (κ3) is 13.0. The first-order valence-electron chi connectivity index (χ1n) is 24.4. The van der Waals surface area contributed by atoms with Crippen molar-refractivity contribution in [2.45, 2.75) is 0 Å². The minimum absolute atomic E-state index is 0.0406. The second-order valence-corrected chi connectivity index (χ2v) is 17.2. The monoisotopic (exact) mass is 1040 g/mol. The van der Waals surface area contributed by atoms with E-state index < -0.39 is 0 Å². The Bertz CT molecular complexity index is 3130. The normalized spacial score (nSPS) is 13.2. The summed E-state index contributed by atoms with van der Waals surface area (Å²) in [6.45, 7) is 1.89. The van der Waals surface area contributed by atoms with Crippen molar-refractivity contribution in [1.29, 1.82) is 0 Å². The number of carbonyl (C=O) groups excluding carboxylic acids is 6. The smallest absolute Gasteiger partial charge is 0.261 e. The van der Waals surface area contributed by atoms with Crippen LogP contribution in [0.1, 0.15) is 62.1 Å². The fourth-order valence-corrected chi connectivity index (χ4v) is 8.41. The van der Waals surface area contributed by atoms with Gasteiger partial charge in [-0.05, 0) is 133 Å². The molecule has 0 bridgehead atoms. The molecule has 3 N–H and O–H groups in total. The topological polar surface area (TPSA) is 236 Å². The largest absolute Gasteiger partial charge is 0.497 e. The van der Waals surface area contributed by atoms with Gasteiger partial charge in [0, 0.05) is 50.6 Å². The molecule has 390 valence electrons. The molecule has 10 rings (SSSR count). The first-order valence-corrected chi connectivity index (χ1v) is 24.4. The van der Waals surface area contributed by atoms with Crippen LogP contribution in [0.15, 0.2) is 190 Å². The maximum absolute atomic E-state index is 13.0. The van der Waals surface area contributed by atoms with E-state index in [-0.39, 0.29) is 61.7 Å². The van der Waals surface area contributed by atoms with Gasteiger partial charge in [0.25, 0.3) is 35.4 Å². The maximum atomic E-state index is 13.0. The van der Waals surface area contributed by atoms with Crippen LogP contribution in [0.2, 0.25) is 0 Å². The van der Waals surface area contributed by atoms with Crippen molar-refractivity contribution in [3.8, 4) is 11.5 Å². The van der Waals surface area contributed by atoms with Gasteiger partial charge in [0.2, 0.25) is 0 Å². The van der Waals surface area contributed by atoms with Gasteiger partial charge in [-0.2, -0.15) is 20.5 Å². The molecule has 0 saturated heterocycles. The quantitative estimate of drug-likeness (QED) is 0.0540. The molecule has 0 aromatic heterocycles. The van der Waals surface area contributed by atoms with Gasteiger partial charge >= 0.3 is 0 Å². The Kier molecular flexibility index (Phi) is 17.7. The number of nitrogens with zero attached hydrogens (tertiary/aromatic N) is 8. The average molecular weight is 1040 g/mol. The zero-order valence-electron chi connectivity index (χ0n) is 42.1. The molecule has 7 aromatic carbocycles. The van der Waals surface area contributed by atoms with Gasteiger partial charge in [-0.1, -0.05) is 36.4 Å². The molecule has 77 heavy (non-hydrogen) atoms. The molecule has 0 atom stereocenters. The Morgan fingerprint density at radius 1 is 0.390 bits per heavy atom. The number of nitrogens with one attached hydrogen (secondary N) is 1. The molecule has 19 heteroatoms. The summed E-state index contributed by atoms with van der Waals surface area (Å²) in [5.74, 6) is -0.445. The van der Waals surface area contributed by atoms with Gasteiger partial charge in [-0.3, -0.25) is 43.9 Å². The molecule has 0 saturated carbocycles. The Balaban J connectivity index is 0.000000190. The van der Waals surface area contributed by atoms with E-state index in [0.717, 1.165) is 34.2 Å². The van der Waals surface area contributed by atoms with Gasteiger partial charge < -0.3 is 29.5 Å². The lowest BCUT2D eigenvalue weighted by molar-refractivity contribution is 0.0650. The summed E-state index contributed by atoms with van der Waals surface area (Å²) < 4.78 is 10.3. The van der Waals surface area contributed by atoms with E-state index in [0.29, 0.717) is 70.9 Å². The summed E-state index contributed by atoms with van der Waals surface area (Å²) in [6.07, 6.45) is 0. The fourth-order valence-electron chi connectivity index (χ4n) is 8.41. The predicted molar refractivity (Wildman–Crippen MR) is 288 cm³/mol. The predicted octanol–water partition coefficient (Wildman–Crippen LogP) is 8.98. The number of methoxy groups -OCH3 is 2. The summed E-state index contributed by atoms with van der Waals surface area (Å²) in [7, 11) is 3.22. The van der Waals surface area contributed by atoms with Gasteiger partial charge in [0.1, 0.15) is 11.5 Å². The third-order valence-electron chi connectivity index (χ3n) is 12.5. The number of imide groups is 3. The molecule has 0 radical (unpaired) electrons. The van der Waals surface area contributed by atoms with E-state index in [4.69, 9.17) is 19.7 Å². The van der Waals surface area contributed by atoms with Crippen LogP contribution in [-0.2, 0) is 0 Å². The Morgan fingerprint density at radius 3 is 0.948 bits per heavy atom. The Morgan fingerprint density at radius 2 is 0.662 bits per heavy atom. The SMILES string of the molecule is COc1ccc(N=Nc2ccc(N(CCN3C(=O)c4ccccc4C3=O)CCN3C(=O)c4ccccc4C3=O)cc2)cc1.COc1ccc(N=Nc2ccc(N(CCO)CCO)cc2)cc1.O=C1NC(=O)c2ccccc21. The number of benzene rings is 7. The third-order valence-corrected chi connectivity index (χ3v) is 12.5. The van der Waals surface area contributed by atoms with Gasteiger partial charge in [-0.25, -0.2) is 0 Å². The standard InChI is InChI=1S/C33H27N5O5.C17H21N3O3.C8H5NO2/c1-43-25-16-12-23(13-17-25)35-34-22-10-14-24(15-11-22)36(18-20-37-30(39)26-6-2-3-7-27(26)31(37)40)19-21-38-32(41)28-8-4-5-9-29(28)33(38)42;1-23-17-8-4-15(5-9-17)19-18-14-2-6-16(7-3-14)20(10-12-21)11-13-22;10-7-5-3-1-2-4-6(5)8(11)9-7/h2-17H,18-21H2,1H3;2-9,21-22H,10-13H2,1H3;1-4H,(H,9,10,11). The minimum Gasteiger partial charge on any atom is -0.497 e. The molecule has 7 aromatic rings. The number of hydrogen-bond donors (Lipinski definition) is 3. The van der Waals surface area contributed by atoms with E-state index in [1.807, 2.05) is 70.5 Å². The van der Waals surface area contributed by atoms with E-state index in [9.17, 15) is 28.8 Å². The van der Waals surface area contributed by atoms with E-state index in [1.54, 1.807) is 123 Å². The van der Waals surface area contributed by atoms with Crippen molar-refractivity contribution < 1.29 is 48.5 Å². The summed E-state index contributed by atoms with van der Waals surface area (Å²) in [6, 6.07) is 49.6. The molecule has 0 spiro atoms. The molecule has 6 amide bonds. The van der Waals surface area contributed by atoms with Crippen molar-refractivity contribution in [2.75, 3.05) is 76.5 Å². The van der Waals surface area contributed by atoms with Crippen LogP contribution in [0.5, 0.6) is 11.5 Å². The number of rotatable bonds is 18. The highest BCUT2D eigenvalue weighted by molar-refractivity contribution is 6.22. The van der Waals surface area contributed by atoms with Gasteiger partial charge in [0.05, 0.1) is 83.6 Å². The number of aliphatic hydroxyl groups excluding tert-OH is 2. The van der Waals surface area contributed by atoms with E-state index in [1.165, 1.54) is 9.80 Å². The van der Waals surface area contributed by atoms with Crippen molar-refractivity contribution in [3.63, 3.8) is 0 Å². The highest BCUT2D eigenvalue weighted by Crippen LogP contribution is 2.28. The minimum atomic E-state index is -0.338. The molecule has 0 fully saturated rings. The highest BCUT2D eigenvalue weighted by atomic mass is 16.5. The van der Waals surface area contributed by atoms with Crippen LogP contribution in [0.3, 0.4) is 0 Å². The van der Waals surface area contributed by atoms with Crippen LogP contribution in [-0.4, -0.2) is 122 Å². The molecule has 3 aliphatic rings. The Hall–Kier alpha value is -9.72. The summed E-state index contributed by atoms with van der Waals surface area (Å²) in [4.78, 5) is 80.1. The summed E-state index contributed by atoms with van der Waals surface area (Å²) in [5.41, 5.74) is 6.97. The molecule has 0 aliphatic carbocycles. The number of aliphatic hydroxyl groups is 2. The second kappa shape index (κ2) is 25.5. The molecular weight excluding hydrogens is 983 g/mol. The average Bonchev–Trinajstić information content (AvgIpc) is 4.01. The van der Waals surface area contributed by atoms with Crippen LogP contribution >= 0.6 is 0 Å². The number of amides is 6. The van der Waals surface area contributed by atoms with Gasteiger partial charge in [-0.15, -0.1) is 0 Å². The Labute approximate surface area is 443 Å². The highest BCUT2D eigenvalue weighted by Gasteiger charge is 2.37. The maximum Gasteiger partial charge on any atom is 0.261 e. The number of hydrogen-bond acceptors (Lipinski definition) is 16. The van der Waals surface area contributed by atoms with Crippen LogP contribution < -0.4 is 24.6 Å². The van der Waals surface area contributed by atoms with Crippen molar-refractivity contribution >= 4 is 69.6 Å². The lowest BCUT2D eigenvalue weighted by Crippen LogP contribution is -2.42. The number of anilines is 2. The first kappa shape index (κ1) is 53.6. The first-order chi connectivity index (χ1) is 37.5. The van der Waals surface area contributed by atoms with Crippen LogP contribution in [0.25, 0.3) is 0 Å². The zero-order valence-corrected chi connectivity index (χ0v) is 42.1. The molecule has 19 nitrogen and oxygen atoms in total.